The summed E-state index contributed by atoms with van der Waals surface area (Å²) in [6.07, 6.45) is -1.37. The van der Waals surface area contributed by atoms with Crippen molar-refractivity contribution in [2.24, 2.45) is 0 Å². The van der Waals surface area contributed by atoms with Gasteiger partial charge in [-0.2, -0.15) is 0 Å². The van der Waals surface area contributed by atoms with Crippen molar-refractivity contribution in [3.8, 4) is 0 Å². The summed E-state index contributed by atoms with van der Waals surface area (Å²) in [5.41, 5.74) is 0.0348. The van der Waals surface area contributed by atoms with Gasteiger partial charge in [0.05, 0.1) is 17.8 Å². The molecule has 0 aliphatic rings. The average Bonchev–Trinajstić information content (AvgIpc) is 3.04. The third kappa shape index (κ3) is 5.37. The molecule has 0 aliphatic heterocycles. The molecule has 0 radical (unpaired) electrons. The van der Waals surface area contributed by atoms with Crippen LogP contribution in [0.3, 0.4) is 0 Å². The molecule has 0 aliphatic carbocycles. The van der Waals surface area contributed by atoms with Gasteiger partial charge in [0.2, 0.25) is 11.7 Å². The molecule has 5 nitrogen and oxygen atoms in total. The van der Waals surface area contributed by atoms with Crippen molar-refractivity contribution in [1.82, 2.24) is 5.32 Å². The Morgan fingerprint density at radius 3 is 2.65 bits per heavy atom. The maximum absolute atomic E-state index is 13.7. The van der Waals surface area contributed by atoms with Crippen LogP contribution in [0.4, 0.5) is 4.39 Å². The molecule has 1 N–H and O–H groups in total. The lowest BCUT2D eigenvalue weighted by molar-refractivity contribution is -0.145. The minimum absolute atomic E-state index is 0.0348. The number of ether oxygens (including phenoxy) is 1. The summed E-state index contributed by atoms with van der Waals surface area (Å²) in [5, 5.41) is 2.77. The highest BCUT2D eigenvalue weighted by Crippen LogP contribution is 2.21. The van der Waals surface area contributed by atoms with E-state index in [1.807, 2.05) is 0 Å². The maximum Gasteiger partial charge on any atom is 0.311 e. The second-order valence-electron chi connectivity index (χ2n) is 5.55. The largest absolute Gasteiger partial charge is 0.454 e. The molecule has 2 aromatic rings. The van der Waals surface area contributed by atoms with E-state index in [2.05, 4.69) is 5.32 Å². The lowest BCUT2D eigenvalue weighted by Crippen LogP contribution is -2.25. The lowest BCUT2D eigenvalue weighted by Gasteiger charge is -2.12. The highest BCUT2D eigenvalue weighted by molar-refractivity contribution is 7.14. The van der Waals surface area contributed by atoms with Gasteiger partial charge in [0.25, 0.3) is 0 Å². The fourth-order valence-corrected chi connectivity index (χ4v) is 3.35. The minimum atomic E-state index is -1.01. The summed E-state index contributed by atoms with van der Waals surface area (Å²) in [7, 11) is 0. The first-order valence-corrected chi connectivity index (χ1v) is 8.97. The van der Waals surface area contributed by atoms with Crippen LogP contribution in [0.25, 0.3) is 0 Å². The quantitative estimate of drug-likeness (QED) is 0.573. The lowest BCUT2D eigenvalue weighted by atomic mass is 10.1. The van der Waals surface area contributed by atoms with Gasteiger partial charge in [0.1, 0.15) is 5.82 Å². The number of benzene rings is 1. The van der Waals surface area contributed by atoms with E-state index in [0.29, 0.717) is 11.4 Å². The van der Waals surface area contributed by atoms with E-state index in [0.717, 1.165) is 4.88 Å². The Balaban J connectivity index is 1.96. The summed E-state index contributed by atoms with van der Waals surface area (Å²) < 4.78 is 18.8. The number of ketones is 1. The molecule has 1 aromatic carbocycles. The molecule has 0 spiro atoms. The first kappa shape index (κ1) is 20.1. The number of rotatable bonds is 7. The minimum Gasteiger partial charge on any atom is -0.454 e. The van der Waals surface area contributed by atoms with Crippen LogP contribution in [0.1, 0.15) is 34.0 Å². The number of thiophene rings is 1. The summed E-state index contributed by atoms with van der Waals surface area (Å²) in [6, 6.07) is 7.45. The van der Waals surface area contributed by atoms with E-state index in [1.54, 1.807) is 12.1 Å². The predicted molar refractivity (Wildman–Crippen MR) is 96.8 cm³/mol. The van der Waals surface area contributed by atoms with Crippen molar-refractivity contribution < 1.29 is 23.5 Å². The van der Waals surface area contributed by atoms with Crippen LogP contribution in [0, 0.1) is 5.82 Å². The van der Waals surface area contributed by atoms with Gasteiger partial charge in [-0.3, -0.25) is 14.4 Å². The van der Waals surface area contributed by atoms with Crippen molar-refractivity contribution in [2.75, 3.05) is 0 Å². The van der Waals surface area contributed by atoms with Crippen LogP contribution < -0.4 is 5.32 Å². The molecule has 26 heavy (non-hydrogen) atoms. The second kappa shape index (κ2) is 8.91. The molecule has 0 saturated carbocycles. The van der Waals surface area contributed by atoms with Crippen molar-refractivity contribution in [3.63, 3.8) is 0 Å². The molecule has 1 amide bonds. The van der Waals surface area contributed by atoms with Gasteiger partial charge in [-0.25, -0.2) is 4.39 Å². The van der Waals surface area contributed by atoms with Crippen LogP contribution in [-0.4, -0.2) is 23.8 Å². The van der Waals surface area contributed by atoms with E-state index >= 15 is 0 Å². The number of hydrogen-bond acceptors (Lipinski definition) is 5. The molecular weight excluding hydrogens is 381 g/mol. The van der Waals surface area contributed by atoms with Gasteiger partial charge in [0, 0.05) is 22.4 Å². The Morgan fingerprint density at radius 2 is 2.00 bits per heavy atom. The second-order valence-corrected chi connectivity index (χ2v) is 7.12. The molecule has 8 heteroatoms. The van der Waals surface area contributed by atoms with Crippen LogP contribution >= 0.6 is 22.9 Å². The number of esters is 1. The third-order valence-electron chi connectivity index (χ3n) is 3.48. The fourth-order valence-electron chi connectivity index (χ4n) is 2.16. The molecule has 138 valence electrons. The highest BCUT2D eigenvalue weighted by Gasteiger charge is 2.22. The number of nitrogens with one attached hydrogen (secondary N) is 1. The molecule has 2 rings (SSSR count). The van der Waals surface area contributed by atoms with Crippen molar-refractivity contribution in [3.05, 3.63) is 56.5 Å². The van der Waals surface area contributed by atoms with E-state index in [1.165, 1.54) is 43.4 Å². The van der Waals surface area contributed by atoms with Crippen LogP contribution in [0.2, 0.25) is 5.02 Å². The maximum atomic E-state index is 13.7. The topological polar surface area (TPSA) is 72.5 Å². The van der Waals surface area contributed by atoms with Crippen LogP contribution in [-0.2, 0) is 27.3 Å². The highest BCUT2D eigenvalue weighted by atomic mass is 35.5. The molecular formula is C18H17ClFNO4S. The van der Waals surface area contributed by atoms with Crippen molar-refractivity contribution >= 4 is 40.6 Å². The normalized spacial score (nSPS) is 11.7. The monoisotopic (exact) mass is 397 g/mol. The Bertz CT molecular complexity index is 816. The number of amides is 1. The first-order chi connectivity index (χ1) is 12.3. The summed E-state index contributed by atoms with van der Waals surface area (Å²) >= 11 is 7.09. The number of hydrogen-bond donors (Lipinski definition) is 1. The van der Waals surface area contributed by atoms with Crippen LogP contribution in [0.15, 0.2) is 30.3 Å². The van der Waals surface area contributed by atoms with E-state index in [-0.39, 0.29) is 28.7 Å². The first-order valence-electron chi connectivity index (χ1n) is 7.77. The molecule has 1 heterocycles. The smallest absolute Gasteiger partial charge is 0.311 e. The van der Waals surface area contributed by atoms with Crippen molar-refractivity contribution in [1.29, 1.82) is 0 Å². The molecule has 1 aromatic heterocycles. The average molecular weight is 398 g/mol. The number of Topliss-reactive ketones (excluding diaryl/α,β-unsaturated/α-hetero) is 1. The Hall–Kier alpha value is -2.25. The molecule has 1 atom stereocenters. The van der Waals surface area contributed by atoms with Crippen LogP contribution in [0.5, 0.6) is 0 Å². The third-order valence-corrected chi connectivity index (χ3v) is 4.93. The Morgan fingerprint density at radius 1 is 1.27 bits per heavy atom. The van der Waals surface area contributed by atoms with Gasteiger partial charge in [0.15, 0.2) is 6.10 Å². The zero-order valence-corrected chi connectivity index (χ0v) is 15.7. The number of carbonyl (C=O) groups excluding carboxylic acids is 3. The predicted octanol–water partition coefficient (Wildman–Crippen LogP) is 3.53. The van der Waals surface area contributed by atoms with E-state index < -0.39 is 17.9 Å². The zero-order chi connectivity index (χ0) is 19.3. The van der Waals surface area contributed by atoms with Gasteiger partial charge in [-0.05, 0) is 31.2 Å². The molecule has 0 fully saturated rings. The van der Waals surface area contributed by atoms with Gasteiger partial charge in [-0.1, -0.05) is 17.7 Å². The fraction of sp³-hybridized carbons (Fsp3) is 0.278. The van der Waals surface area contributed by atoms with Gasteiger partial charge < -0.3 is 10.1 Å². The van der Waals surface area contributed by atoms with Gasteiger partial charge >= 0.3 is 5.97 Å². The van der Waals surface area contributed by atoms with Crippen molar-refractivity contribution in [2.45, 2.75) is 32.9 Å². The summed E-state index contributed by atoms with van der Waals surface area (Å²) in [4.78, 5) is 36.5. The zero-order valence-electron chi connectivity index (χ0n) is 14.2. The van der Waals surface area contributed by atoms with E-state index in [4.69, 9.17) is 16.3 Å². The SMILES string of the molecule is CC(=O)NCc1ccc(C(=O)C(C)OC(=O)Cc2c(F)cccc2Cl)s1. The Labute approximate surface area is 159 Å². The molecule has 0 saturated heterocycles. The summed E-state index contributed by atoms with van der Waals surface area (Å²) in [5.74, 6) is -1.88. The van der Waals surface area contributed by atoms with E-state index in [9.17, 15) is 18.8 Å². The Kier molecular flexibility index (Phi) is 6.88. The van der Waals surface area contributed by atoms with Gasteiger partial charge in [-0.15, -0.1) is 11.3 Å². The standard InChI is InChI=1S/C18H17ClFNO4S/c1-10(18(24)16-7-6-12(26-16)9-21-11(2)22)25-17(23)8-13-14(19)4-3-5-15(13)20/h3-7,10H,8-9H2,1-2H3,(H,21,22). The molecule has 0 bridgehead atoms. The molecule has 1 unspecified atom stereocenters. The number of halogens is 2. The number of carbonyl (C=O) groups is 3. The summed E-state index contributed by atoms with van der Waals surface area (Å²) in [6.45, 7) is 3.19.